The number of amides is 1. The van der Waals surface area contributed by atoms with Gasteiger partial charge in [0.15, 0.2) is 0 Å². The van der Waals surface area contributed by atoms with Crippen LogP contribution >= 0.6 is 11.3 Å². The summed E-state index contributed by atoms with van der Waals surface area (Å²) in [6.45, 7) is 8.92. The number of nitrogens with one attached hydrogen (secondary N) is 1. The van der Waals surface area contributed by atoms with Crippen molar-refractivity contribution >= 4 is 17.2 Å². The number of aromatic nitrogens is 3. The van der Waals surface area contributed by atoms with Crippen LogP contribution in [0.15, 0.2) is 11.4 Å². The first-order valence-electron chi connectivity index (χ1n) is 8.80. The van der Waals surface area contributed by atoms with Gasteiger partial charge in [-0.1, -0.05) is 26.7 Å². The lowest BCUT2D eigenvalue weighted by atomic mass is 9.97. The molecule has 0 unspecified atom stereocenters. The van der Waals surface area contributed by atoms with Gasteiger partial charge in [-0.25, -0.2) is 9.67 Å². The maximum Gasteiger partial charge on any atom is 0.223 e. The van der Waals surface area contributed by atoms with E-state index in [0.717, 1.165) is 54.3 Å². The van der Waals surface area contributed by atoms with Crippen molar-refractivity contribution in [3.8, 4) is 5.13 Å². The number of carbonyl (C=O) groups is 1. The van der Waals surface area contributed by atoms with Gasteiger partial charge in [-0.05, 0) is 32.8 Å². The fraction of sp³-hybridized carbons (Fsp3) is 0.611. The summed E-state index contributed by atoms with van der Waals surface area (Å²) in [6, 6.07) is 2.04. The molecule has 0 aliphatic heterocycles. The third-order valence-electron chi connectivity index (χ3n) is 4.06. The van der Waals surface area contributed by atoms with E-state index in [1.807, 2.05) is 30.0 Å². The maximum absolute atomic E-state index is 12.2. The molecule has 2 aromatic heterocycles. The lowest BCUT2D eigenvalue weighted by molar-refractivity contribution is -0.125. The fourth-order valence-corrected chi connectivity index (χ4v) is 3.76. The van der Waals surface area contributed by atoms with Gasteiger partial charge in [0.05, 0.1) is 11.4 Å². The molecule has 1 N–H and O–H groups in total. The van der Waals surface area contributed by atoms with Crippen LogP contribution in [0.3, 0.4) is 0 Å². The first kappa shape index (κ1) is 18.6. The van der Waals surface area contributed by atoms with Gasteiger partial charge in [0.2, 0.25) is 11.0 Å². The van der Waals surface area contributed by atoms with Gasteiger partial charge in [-0.15, -0.1) is 11.3 Å². The van der Waals surface area contributed by atoms with E-state index in [4.69, 9.17) is 0 Å². The predicted molar refractivity (Wildman–Crippen MR) is 98.7 cm³/mol. The van der Waals surface area contributed by atoms with Crippen molar-refractivity contribution in [3.63, 3.8) is 0 Å². The monoisotopic (exact) mass is 348 g/mol. The molecular weight excluding hydrogens is 320 g/mol. The highest BCUT2D eigenvalue weighted by molar-refractivity contribution is 7.12. The zero-order chi connectivity index (χ0) is 17.5. The second kappa shape index (κ2) is 8.97. The summed E-state index contributed by atoms with van der Waals surface area (Å²) in [7, 11) is 0. The molecule has 2 aromatic rings. The Bertz CT molecular complexity index is 656. The molecule has 5 nitrogen and oxygen atoms in total. The predicted octanol–water partition coefficient (Wildman–Crippen LogP) is 3.82. The molecule has 2 heterocycles. The largest absolute Gasteiger partial charge is 0.355 e. The van der Waals surface area contributed by atoms with Gasteiger partial charge in [0.25, 0.3) is 0 Å². The van der Waals surface area contributed by atoms with Crippen LogP contribution in [0.4, 0.5) is 0 Å². The summed E-state index contributed by atoms with van der Waals surface area (Å²) >= 11 is 1.59. The van der Waals surface area contributed by atoms with Crippen molar-refractivity contribution in [3.05, 3.63) is 28.5 Å². The third kappa shape index (κ3) is 4.90. The molecule has 0 spiro atoms. The van der Waals surface area contributed by atoms with Crippen LogP contribution in [0, 0.1) is 19.8 Å². The SMILES string of the molecule is CCCC(CCC)C(=O)NCCc1csc(-n2nc(C)cc2C)n1. The first-order chi connectivity index (χ1) is 11.5. The number of hydrogen-bond donors (Lipinski definition) is 1. The molecule has 0 aliphatic rings. The Morgan fingerprint density at radius 2 is 2.00 bits per heavy atom. The third-order valence-corrected chi connectivity index (χ3v) is 4.92. The first-order valence-corrected chi connectivity index (χ1v) is 9.68. The maximum atomic E-state index is 12.2. The molecule has 132 valence electrons. The zero-order valence-corrected chi connectivity index (χ0v) is 15.9. The minimum Gasteiger partial charge on any atom is -0.355 e. The van der Waals surface area contributed by atoms with Crippen molar-refractivity contribution in [2.24, 2.45) is 5.92 Å². The van der Waals surface area contributed by atoms with Gasteiger partial charge >= 0.3 is 0 Å². The van der Waals surface area contributed by atoms with Gasteiger partial charge in [-0.2, -0.15) is 5.10 Å². The van der Waals surface area contributed by atoms with E-state index in [1.165, 1.54) is 0 Å². The minimum absolute atomic E-state index is 0.153. The highest BCUT2D eigenvalue weighted by Crippen LogP contribution is 2.17. The van der Waals surface area contributed by atoms with E-state index in [2.05, 4.69) is 29.2 Å². The summed E-state index contributed by atoms with van der Waals surface area (Å²) in [4.78, 5) is 16.9. The molecule has 1 amide bonds. The molecule has 0 fully saturated rings. The second-order valence-electron chi connectivity index (χ2n) is 6.28. The number of nitrogens with zero attached hydrogens (tertiary/aromatic N) is 3. The molecule has 0 aliphatic carbocycles. The number of rotatable bonds is 9. The van der Waals surface area contributed by atoms with E-state index in [9.17, 15) is 4.79 Å². The molecule has 0 radical (unpaired) electrons. The Kier molecular flexibility index (Phi) is 6.97. The van der Waals surface area contributed by atoms with E-state index in [1.54, 1.807) is 11.3 Å². The molecule has 2 rings (SSSR count). The van der Waals surface area contributed by atoms with Gasteiger partial charge < -0.3 is 5.32 Å². The van der Waals surface area contributed by atoms with Crippen molar-refractivity contribution < 1.29 is 4.79 Å². The number of thiazole rings is 1. The molecule has 0 bridgehead atoms. The average Bonchev–Trinajstić information content (AvgIpc) is 3.13. The lowest BCUT2D eigenvalue weighted by Crippen LogP contribution is -2.32. The van der Waals surface area contributed by atoms with Crippen molar-refractivity contribution in [1.82, 2.24) is 20.1 Å². The van der Waals surface area contributed by atoms with Crippen molar-refractivity contribution in [2.75, 3.05) is 6.54 Å². The Labute approximate surface area is 148 Å². The molecule has 6 heteroatoms. The second-order valence-corrected chi connectivity index (χ2v) is 7.11. The number of carbonyl (C=O) groups excluding carboxylic acids is 1. The molecule has 24 heavy (non-hydrogen) atoms. The van der Waals surface area contributed by atoms with Crippen molar-refractivity contribution in [2.45, 2.75) is 59.8 Å². The standard InChI is InChI=1S/C18H28N4OS/c1-5-7-15(8-6-2)17(23)19-10-9-16-12-24-18(20-16)22-14(4)11-13(3)21-22/h11-12,15H,5-10H2,1-4H3,(H,19,23). The highest BCUT2D eigenvalue weighted by Gasteiger charge is 2.16. The van der Waals surface area contributed by atoms with Gasteiger partial charge in [0, 0.05) is 30.0 Å². The summed E-state index contributed by atoms with van der Waals surface area (Å²) in [5, 5.41) is 10.5. The Morgan fingerprint density at radius 3 is 2.58 bits per heavy atom. The van der Waals surface area contributed by atoms with Crippen LogP contribution in [-0.2, 0) is 11.2 Å². The van der Waals surface area contributed by atoms with Crippen LogP contribution < -0.4 is 5.32 Å². The van der Waals surface area contributed by atoms with Gasteiger partial charge in [-0.3, -0.25) is 4.79 Å². The molecule has 0 saturated heterocycles. The highest BCUT2D eigenvalue weighted by atomic mass is 32.1. The lowest BCUT2D eigenvalue weighted by Gasteiger charge is -2.14. The number of aryl methyl sites for hydroxylation is 2. The smallest absolute Gasteiger partial charge is 0.223 e. The van der Waals surface area contributed by atoms with E-state index >= 15 is 0 Å². The summed E-state index contributed by atoms with van der Waals surface area (Å²) < 4.78 is 1.88. The fourth-order valence-electron chi connectivity index (χ4n) is 2.89. The molecule has 0 saturated carbocycles. The Hall–Kier alpha value is -1.69. The summed E-state index contributed by atoms with van der Waals surface area (Å²) in [5.41, 5.74) is 3.09. The van der Waals surface area contributed by atoms with E-state index < -0.39 is 0 Å². The number of hydrogen-bond acceptors (Lipinski definition) is 4. The zero-order valence-electron chi connectivity index (χ0n) is 15.1. The van der Waals surface area contributed by atoms with Crippen LogP contribution in [0.1, 0.15) is 56.6 Å². The molecule has 0 aromatic carbocycles. The van der Waals surface area contributed by atoms with Crippen LogP contribution in [-0.4, -0.2) is 27.2 Å². The van der Waals surface area contributed by atoms with Crippen molar-refractivity contribution in [1.29, 1.82) is 0 Å². The summed E-state index contributed by atoms with van der Waals surface area (Å²) in [6.07, 6.45) is 4.80. The topological polar surface area (TPSA) is 59.8 Å². The average molecular weight is 349 g/mol. The quantitative estimate of drug-likeness (QED) is 0.749. The normalized spacial score (nSPS) is 11.2. The molecular formula is C18H28N4OS. The van der Waals surface area contributed by atoms with Crippen LogP contribution in [0.2, 0.25) is 0 Å². The Morgan fingerprint density at radius 1 is 1.29 bits per heavy atom. The van der Waals surface area contributed by atoms with E-state index in [-0.39, 0.29) is 11.8 Å². The Balaban J connectivity index is 1.87. The van der Waals surface area contributed by atoms with Crippen LogP contribution in [0.5, 0.6) is 0 Å². The molecule has 0 atom stereocenters. The van der Waals surface area contributed by atoms with E-state index in [0.29, 0.717) is 6.54 Å². The minimum atomic E-state index is 0.153. The summed E-state index contributed by atoms with van der Waals surface area (Å²) in [5.74, 6) is 0.341. The van der Waals surface area contributed by atoms with Gasteiger partial charge in [0.1, 0.15) is 0 Å². The van der Waals surface area contributed by atoms with Crippen LogP contribution in [0.25, 0.3) is 5.13 Å².